The second kappa shape index (κ2) is 8.41. The van der Waals surface area contributed by atoms with Gasteiger partial charge in [-0.05, 0) is 36.6 Å². The molecule has 2 atom stereocenters. The lowest BCUT2D eigenvalue weighted by atomic mass is 9.98. The fourth-order valence-electron chi connectivity index (χ4n) is 2.91. The Bertz CT molecular complexity index is 857. The van der Waals surface area contributed by atoms with Crippen LogP contribution in [0.3, 0.4) is 0 Å². The predicted molar refractivity (Wildman–Crippen MR) is 108 cm³/mol. The van der Waals surface area contributed by atoms with E-state index in [0.717, 1.165) is 28.2 Å². The number of aromatic amines is 1. The van der Waals surface area contributed by atoms with Crippen molar-refractivity contribution in [1.29, 1.82) is 0 Å². The highest BCUT2D eigenvalue weighted by Gasteiger charge is 2.23. The lowest BCUT2D eigenvalue weighted by Gasteiger charge is -2.22. The first-order chi connectivity index (χ1) is 12.6. The smallest absolute Gasteiger partial charge is 0.230 e. The van der Waals surface area contributed by atoms with Gasteiger partial charge in [0, 0.05) is 4.90 Å². The van der Waals surface area contributed by atoms with Crippen LogP contribution in [0.15, 0.2) is 53.4 Å². The molecule has 0 aliphatic carbocycles. The van der Waals surface area contributed by atoms with Gasteiger partial charge in [0.1, 0.15) is 5.82 Å². The lowest BCUT2D eigenvalue weighted by molar-refractivity contribution is -0.119. The molecule has 3 rings (SSSR count). The molecule has 1 amide bonds. The van der Waals surface area contributed by atoms with Gasteiger partial charge in [-0.15, -0.1) is 11.8 Å². The van der Waals surface area contributed by atoms with E-state index in [1.807, 2.05) is 36.4 Å². The molecular formula is C21H25N3OS. The lowest BCUT2D eigenvalue weighted by Crippen LogP contribution is -2.34. The van der Waals surface area contributed by atoms with E-state index in [1.165, 1.54) is 5.56 Å². The Hall–Kier alpha value is -2.27. The number of imidazole rings is 1. The Morgan fingerprint density at radius 1 is 1.19 bits per heavy atom. The largest absolute Gasteiger partial charge is 0.345 e. The first-order valence-corrected chi connectivity index (χ1v) is 9.99. The van der Waals surface area contributed by atoms with Crippen molar-refractivity contribution in [3.05, 3.63) is 59.9 Å². The fourth-order valence-corrected chi connectivity index (χ4v) is 3.75. The number of H-pyrrole nitrogens is 1. The van der Waals surface area contributed by atoms with E-state index in [1.54, 1.807) is 11.8 Å². The number of carbonyl (C=O) groups is 1. The van der Waals surface area contributed by atoms with Crippen molar-refractivity contribution in [3.63, 3.8) is 0 Å². The Morgan fingerprint density at radius 3 is 2.65 bits per heavy atom. The van der Waals surface area contributed by atoms with E-state index in [2.05, 4.69) is 43.2 Å². The van der Waals surface area contributed by atoms with Crippen LogP contribution in [0, 0.1) is 12.8 Å². The number of carbonyl (C=O) groups excluding carboxylic acids is 1. The number of hydrogen-bond donors (Lipinski definition) is 2. The van der Waals surface area contributed by atoms with Crippen molar-refractivity contribution in [1.82, 2.24) is 15.3 Å². The average molecular weight is 368 g/mol. The van der Waals surface area contributed by atoms with Gasteiger partial charge in [-0.3, -0.25) is 4.79 Å². The van der Waals surface area contributed by atoms with Gasteiger partial charge in [-0.2, -0.15) is 0 Å². The predicted octanol–water partition coefficient (Wildman–Crippen LogP) is 4.87. The summed E-state index contributed by atoms with van der Waals surface area (Å²) >= 11 is 1.57. The van der Waals surface area contributed by atoms with Gasteiger partial charge in [0.15, 0.2) is 0 Å². The molecule has 1 heterocycles. The number of benzene rings is 2. The third-order valence-corrected chi connectivity index (χ3v) is 5.86. The highest BCUT2D eigenvalue weighted by Crippen LogP contribution is 2.26. The van der Waals surface area contributed by atoms with Crippen molar-refractivity contribution in [2.24, 2.45) is 5.92 Å². The minimum absolute atomic E-state index is 0.0315. The minimum atomic E-state index is -0.114. The summed E-state index contributed by atoms with van der Waals surface area (Å²) in [5.74, 6) is 1.56. The Balaban J connectivity index is 1.72. The van der Waals surface area contributed by atoms with Gasteiger partial charge >= 0.3 is 0 Å². The average Bonchev–Trinajstić information content (AvgIpc) is 3.08. The van der Waals surface area contributed by atoms with E-state index in [4.69, 9.17) is 4.98 Å². The van der Waals surface area contributed by atoms with Crippen LogP contribution in [0.4, 0.5) is 0 Å². The number of fused-ring (bicyclic) bond motifs is 1. The Kier molecular flexibility index (Phi) is 5.99. The highest BCUT2D eigenvalue weighted by molar-refractivity contribution is 8.00. The molecular weight excluding hydrogens is 342 g/mol. The van der Waals surface area contributed by atoms with Crippen molar-refractivity contribution >= 4 is 28.7 Å². The second-order valence-electron chi connectivity index (χ2n) is 6.62. The monoisotopic (exact) mass is 367 g/mol. The molecule has 2 N–H and O–H groups in total. The standard InChI is InChI=1S/C21H25N3OS/c1-4-14(2)20(21-22-16-10-6-7-11-17(16)23-21)24-19(25)13-26-18-12-8-5-9-15(18)3/h5-12,14,20H,4,13H2,1-3H3,(H,22,23)(H,24,25)/t14-,20-/m1/s1. The summed E-state index contributed by atoms with van der Waals surface area (Å²) in [4.78, 5) is 21.8. The van der Waals surface area contributed by atoms with Crippen molar-refractivity contribution < 1.29 is 4.79 Å². The normalized spacial score (nSPS) is 13.5. The summed E-state index contributed by atoms with van der Waals surface area (Å²) < 4.78 is 0. The van der Waals surface area contributed by atoms with E-state index in [0.29, 0.717) is 11.7 Å². The van der Waals surface area contributed by atoms with Crippen LogP contribution in [-0.2, 0) is 4.79 Å². The molecule has 0 bridgehead atoms. The summed E-state index contributed by atoms with van der Waals surface area (Å²) in [6.45, 7) is 6.35. The third-order valence-electron chi connectivity index (χ3n) is 4.68. The number of para-hydroxylation sites is 2. The number of aryl methyl sites for hydroxylation is 1. The number of nitrogens with zero attached hydrogens (tertiary/aromatic N) is 1. The van der Waals surface area contributed by atoms with E-state index < -0.39 is 0 Å². The van der Waals surface area contributed by atoms with Gasteiger partial charge in [-0.25, -0.2) is 4.98 Å². The quantitative estimate of drug-likeness (QED) is 0.586. The molecule has 0 unspecified atom stereocenters. The second-order valence-corrected chi connectivity index (χ2v) is 7.64. The van der Waals surface area contributed by atoms with Crippen LogP contribution in [-0.4, -0.2) is 21.6 Å². The zero-order valence-electron chi connectivity index (χ0n) is 15.5. The van der Waals surface area contributed by atoms with Gasteiger partial charge in [-0.1, -0.05) is 50.6 Å². The number of aromatic nitrogens is 2. The maximum Gasteiger partial charge on any atom is 0.230 e. The summed E-state index contributed by atoms with van der Waals surface area (Å²) in [7, 11) is 0. The maximum atomic E-state index is 12.6. The van der Waals surface area contributed by atoms with Crippen LogP contribution >= 0.6 is 11.8 Å². The van der Waals surface area contributed by atoms with Crippen molar-refractivity contribution in [2.45, 2.75) is 38.1 Å². The third kappa shape index (κ3) is 4.28. The van der Waals surface area contributed by atoms with Crippen LogP contribution in [0.2, 0.25) is 0 Å². The first-order valence-electron chi connectivity index (χ1n) is 9.01. The summed E-state index contributed by atoms with van der Waals surface area (Å²) in [6, 6.07) is 16.0. The minimum Gasteiger partial charge on any atom is -0.345 e. The molecule has 0 aliphatic rings. The number of rotatable bonds is 7. The molecule has 3 aromatic rings. The van der Waals surface area contributed by atoms with Crippen molar-refractivity contribution in [3.8, 4) is 0 Å². The van der Waals surface area contributed by atoms with Gasteiger partial charge < -0.3 is 10.3 Å². The molecule has 0 saturated heterocycles. The number of thioether (sulfide) groups is 1. The molecule has 0 aliphatic heterocycles. The molecule has 0 saturated carbocycles. The molecule has 1 aromatic heterocycles. The highest BCUT2D eigenvalue weighted by atomic mass is 32.2. The Morgan fingerprint density at radius 2 is 1.92 bits per heavy atom. The topological polar surface area (TPSA) is 57.8 Å². The summed E-state index contributed by atoms with van der Waals surface area (Å²) in [6.07, 6.45) is 0.965. The summed E-state index contributed by atoms with van der Waals surface area (Å²) in [5.41, 5.74) is 3.12. The van der Waals surface area contributed by atoms with Crippen LogP contribution in [0.5, 0.6) is 0 Å². The first kappa shape index (κ1) is 18.5. The Labute approximate surface area is 158 Å². The SMILES string of the molecule is CC[C@@H](C)[C@@H](NC(=O)CSc1ccccc1C)c1nc2ccccc2[nH]1. The number of hydrogen-bond acceptors (Lipinski definition) is 3. The van der Waals surface area contributed by atoms with Crippen LogP contribution in [0.25, 0.3) is 11.0 Å². The van der Waals surface area contributed by atoms with E-state index in [-0.39, 0.29) is 11.9 Å². The van der Waals surface area contributed by atoms with Crippen LogP contribution in [0.1, 0.15) is 37.7 Å². The van der Waals surface area contributed by atoms with E-state index in [9.17, 15) is 4.79 Å². The van der Waals surface area contributed by atoms with Gasteiger partial charge in [0.05, 0.1) is 22.8 Å². The summed E-state index contributed by atoms with van der Waals surface area (Å²) in [5, 5.41) is 3.18. The molecule has 0 spiro atoms. The zero-order chi connectivity index (χ0) is 18.5. The zero-order valence-corrected chi connectivity index (χ0v) is 16.3. The molecule has 136 valence electrons. The van der Waals surface area contributed by atoms with Gasteiger partial charge in [0.25, 0.3) is 0 Å². The number of nitrogens with one attached hydrogen (secondary N) is 2. The molecule has 0 radical (unpaired) electrons. The molecule has 5 heteroatoms. The molecule has 26 heavy (non-hydrogen) atoms. The molecule has 4 nitrogen and oxygen atoms in total. The number of amides is 1. The fraction of sp³-hybridized carbons (Fsp3) is 0.333. The molecule has 0 fully saturated rings. The van der Waals surface area contributed by atoms with Gasteiger partial charge in [0.2, 0.25) is 5.91 Å². The molecule has 2 aromatic carbocycles. The van der Waals surface area contributed by atoms with E-state index >= 15 is 0 Å². The van der Waals surface area contributed by atoms with Crippen LogP contribution < -0.4 is 5.32 Å². The van der Waals surface area contributed by atoms with Crippen molar-refractivity contribution in [2.75, 3.05) is 5.75 Å². The maximum absolute atomic E-state index is 12.6.